The van der Waals surface area contributed by atoms with Gasteiger partial charge in [-0.3, -0.25) is 5.41 Å². The average molecular weight is 233 g/mol. The molecular formula is C12H19N5. The van der Waals surface area contributed by atoms with E-state index in [0.717, 1.165) is 18.9 Å². The molecule has 2 rings (SSSR count). The number of hydrogen-bond donors (Lipinski definition) is 2. The molecule has 0 amide bonds. The SMILES string of the molecule is CC1CC(C)CN(c2nnccc2C(=N)N)C1. The summed E-state index contributed by atoms with van der Waals surface area (Å²) >= 11 is 0. The molecular weight excluding hydrogens is 214 g/mol. The molecule has 1 saturated heterocycles. The third-order valence-electron chi connectivity index (χ3n) is 3.16. The molecule has 0 spiro atoms. The molecule has 92 valence electrons. The monoisotopic (exact) mass is 233 g/mol. The highest BCUT2D eigenvalue weighted by Crippen LogP contribution is 2.26. The van der Waals surface area contributed by atoms with E-state index in [-0.39, 0.29) is 5.84 Å². The Labute approximate surface area is 102 Å². The quantitative estimate of drug-likeness (QED) is 0.595. The molecule has 2 unspecified atom stereocenters. The maximum absolute atomic E-state index is 7.58. The van der Waals surface area contributed by atoms with E-state index in [4.69, 9.17) is 11.1 Å². The molecule has 3 N–H and O–H groups in total. The average Bonchev–Trinajstić information content (AvgIpc) is 2.27. The summed E-state index contributed by atoms with van der Waals surface area (Å²) < 4.78 is 0. The van der Waals surface area contributed by atoms with E-state index in [1.165, 1.54) is 6.42 Å². The van der Waals surface area contributed by atoms with Crippen molar-refractivity contribution in [2.24, 2.45) is 17.6 Å². The first-order valence-corrected chi connectivity index (χ1v) is 5.99. The van der Waals surface area contributed by atoms with Gasteiger partial charge in [0.2, 0.25) is 0 Å². The second kappa shape index (κ2) is 4.69. The normalized spacial score (nSPS) is 24.7. The lowest BCUT2D eigenvalue weighted by molar-refractivity contribution is 0.354. The molecule has 1 aliphatic rings. The van der Waals surface area contributed by atoms with Crippen LogP contribution in [-0.2, 0) is 0 Å². The van der Waals surface area contributed by atoms with Crippen molar-refractivity contribution in [3.63, 3.8) is 0 Å². The van der Waals surface area contributed by atoms with E-state index < -0.39 is 0 Å². The van der Waals surface area contributed by atoms with E-state index in [2.05, 4.69) is 28.9 Å². The van der Waals surface area contributed by atoms with E-state index in [0.29, 0.717) is 17.4 Å². The topological polar surface area (TPSA) is 78.9 Å². The summed E-state index contributed by atoms with van der Waals surface area (Å²) in [6.45, 7) is 6.41. The molecule has 0 radical (unpaired) electrons. The molecule has 2 atom stereocenters. The molecule has 1 fully saturated rings. The fourth-order valence-electron chi connectivity index (χ4n) is 2.60. The summed E-state index contributed by atoms with van der Waals surface area (Å²) in [5.41, 5.74) is 6.26. The number of rotatable bonds is 2. The summed E-state index contributed by atoms with van der Waals surface area (Å²) in [5.74, 6) is 2.08. The van der Waals surface area contributed by atoms with Gasteiger partial charge in [-0.25, -0.2) is 0 Å². The first-order valence-electron chi connectivity index (χ1n) is 5.99. The summed E-state index contributed by atoms with van der Waals surface area (Å²) in [5, 5.41) is 15.6. The van der Waals surface area contributed by atoms with Crippen LogP contribution in [0.4, 0.5) is 5.82 Å². The van der Waals surface area contributed by atoms with Crippen LogP contribution in [0.15, 0.2) is 12.3 Å². The fraction of sp³-hybridized carbons (Fsp3) is 0.583. The minimum Gasteiger partial charge on any atom is -0.384 e. The number of nitrogen functional groups attached to an aromatic ring is 1. The van der Waals surface area contributed by atoms with E-state index in [1.54, 1.807) is 12.3 Å². The number of nitrogens with two attached hydrogens (primary N) is 1. The number of anilines is 1. The standard InChI is InChI=1S/C12H19N5/c1-8-5-9(2)7-17(6-8)12-10(11(13)14)3-4-15-16-12/h3-4,8-9H,5-7H2,1-2H3,(H3,13,14). The minimum atomic E-state index is 0.0563. The Bertz CT molecular complexity index is 407. The number of nitrogens with zero attached hydrogens (tertiary/aromatic N) is 3. The van der Waals surface area contributed by atoms with Crippen LogP contribution >= 0.6 is 0 Å². The molecule has 0 aromatic carbocycles. The molecule has 0 saturated carbocycles. The van der Waals surface area contributed by atoms with Gasteiger partial charge in [-0.05, 0) is 24.3 Å². The molecule has 5 nitrogen and oxygen atoms in total. The van der Waals surface area contributed by atoms with Gasteiger partial charge >= 0.3 is 0 Å². The number of nitrogens with one attached hydrogen (secondary N) is 1. The summed E-state index contributed by atoms with van der Waals surface area (Å²) in [6, 6.07) is 1.76. The highest BCUT2D eigenvalue weighted by molar-refractivity contribution is 5.99. The first-order chi connectivity index (χ1) is 8.08. The van der Waals surface area contributed by atoms with Gasteiger partial charge in [-0.1, -0.05) is 13.8 Å². The Hall–Kier alpha value is -1.65. The van der Waals surface area contributed by atoms with Crippen molar-refractivity contribution in [1.29, 1.82) is 5.41 Å². The zero-order valence-corrected chi connectivity index (χ0v) is 10.3. The van der Waals surface area contributed by atoms with Crippen LogP contribution in [0.25, 0.3) is 0 Å². The molecule has 0 aliphatic carbocycles. The van der Waals surface area contributed by atoms with Crippen molar-refractivity contribution < 1.29 is 0 Å². The van der Waals surface area contributed by atoms with Crippen molar-refractivity contribution in [2.45, 2.75) is 20.3 Å². The van der Waals surface area contributed by atoms with Gasteiger partial charge in [0.05, 0.1) is 11.8 Å². The molecule has 1 aromatic rings. The summed E-state index contributed by atoms with van der Waals surface area (Å²) in [6.07, 6.45) is 2.82. The predicted octanol–water partition coefficient (Wildman–Crippen LogP) is 1.24. The van der Waals surface area contributed by atoms with Crippen molar-refractivity contribution >= 4 is 11.7 Å². The second-order valence-corrected chi connectivity index (χ2v) is 5.03. The van der Waals surface area contributed by atoms with Gasteiger partial charge < -0.3 is 10.6 Å². The Morgan fingerprint density at radius 3 is 2.65 bits per heavy atom. The van der Waals surface area contributed by atoms with Crippen molar-refractivity contribution in [3.8, 4) is 0 Å². The largest absolute Gasteiger partial charge is 0.384 e. The van der Waals surface area contributed by atoms with Gasteiger partial charge in [-0.2, -0.15) is 5.10 Å². The number of hydrogen-bond acceptors (Lipinski definition) is 4. The molecule has 1 aromatic heterocycles. The van der Waals surface area contributed by atoms with E-state index in [9.17, 15) is 0 Å². The zero-order chi connectivity index (χ0) is 12.4. The lowest BCUT2D eigenvalue weighted by Gasteiger charge is -2.36. The number of aromatic nitrogens is 2. The lowest BCUT2D eigenvalue weighted by Crippen LogP contribution is -2.40. The Kier molecular flexibility index (Phi) is 3.26. The van der Waals surface area contributed by atoms with E-state index >= 15 is 0 Å². The third kappa shape index (κ3) is 2.54. The smallest absolute Gasteiger partial charge is 0.162 e. The van der Waals surface area contributed by atoms with Gasteiger partial charge in [0.25, 0.3) is 0 Å². The highest BCUT2D eigenvalue weighted by atomic mass is 15.3. The predicted molar refractivity (Wildman–Crippen MR) is 68.2 cm³/mol. The second-order valence-electron chi connectivity index (χ2n) is 5.03. The first kappa shape index (κ1) is 11.8. The van der Waals surface area contributed by atoms with Crippen molar-refractivity contribution in [3.05, 3.63) is 17.8 Å². The maximum Gasteiger partial charge on any atom is 0.162 e. The maximum atomic E-state index is 7.58. The van der Waals surface area contributed by atoms with E-state index in [1.807, 2.05) is 0 Å². The molecule has 0 bridgehead atoms. The van der Waals surface area contributed by atoms with Gasteiger partial charge in [0.15, 0.2) is 5.82 Å². The Morgan fingerprint density at radius 2 is 2.06 bits per heavy atom. The van der Waals surface area contributed by atoms with Crippen LogP contribution in [-0.4, -0.2) is 29.1 Å². The van der Waals surface area contributed by atoms with Crippen molar-refractivity contribution in [2.75, 3.05) is 18.0 Å². The van der Waals surface area contributed by atoms with Crippen LogP contribution in [0.2, 0.25) is 0 Å². The molecule has 17 heavy (non-hydrogen) atoms. The summed E-state index contributed by atoms with van der Waals surface area (Å²) in [4.78, 5) is 2.20. The van der Waals surface area contributed by atoms with Crippen LogP contribution < -0.4 is 10.6 Å². The Morgan fingerprint density at radius 1 is 1.41 bits per heavy atom. The molecule has 2 heterocycles. The lowest BCUT2D eigenvalue weighted by atomic mass is 9.91. The number of amidine groups is 1. The van der Waals surface area contributed by atoms with Crippen LogP contribution in [0.5, 0.6) is 0 Å². The molecule has 1 aliphatic heterocycles. The highest BCUT2D eigenvalue weighted by Gasteiger charge is 2.25. The van der Waals surface area contributed by atoms with Crippen molar-refractivity contribution in [1.82, 2.24) is 10.2 Å². The third-order valence-corrected chi connectivity index (χ3v) is 3.16. The van der Waals surface area contributed by atoms with Crippen LogP contribution in [0.1, 0.15) is 25.8 Å². The fourth-order valence-corrected chi connectivity index (χ4v) is 2.60. The number of piperidine rings is 1. The van der Waals surface area contributed by atoms with Gasteiger partial charge in [-0.15, -0.1) is 5.10 Å². The Balaban J connectivity index is 2.30. The van der Waals surface area contributed by atoms with Gasteiger partial charge in [0.1, 0.15) is 5.84 Å². The van der Waals surface area contributed by atoms with Gasteiger partial charge in [0, 0.05) is 13.1 Å². The summed E-state index contributed by atoms with van der Waals surface area (Å²) in [7, 11) is 0. The zero-order valence-electron chi connectivity index (χ0n) is 10.3. The van der Waals surface area contributed by atoms with Crippen LogP contribution in [0.3, 0.4) is 0 Å². The van der Waals surface area contributed by atoms with Crippen LogP contribution in [0, 0.1) is 17.2 Å². The molecule has 5 heteroatoms. The minimum absolute atomic E-state index is 0.0563.